The SMILES string of the molecule is CCCC(=O)COc1ccc([N+](=O)[O-])cc1F. The zero-order valence-corrected chi connectivity index (χ0v) is 9.31. The maximum absolute atomic E-state index is 13.3. The van der Waals surface area contributed by atoms with Crippen molar-refractivity contribution in [3.8, 4) is 5.75 Å². The first kappa shape index (κ1) is 13.1. The zero-order valence-electron chi connectivity index (χ0n) is 9.31. The number of Topliss-reactive ketones (excluding diaryl/α,β-unsaturated/α-hetero) is 1. The number of non-ortho nitro benzene ring substituents is 1. The first-order valence-electron chi connectivity index (χ1n) is 5.13. The highest BCUT2D eigenvalue weighted by atomic mass is 19.1. The number of carbonyl (C=O) groups is 1. The number of halogens is 1. The summed E-state index contributed by atoms with van der Waals surface area (Å²) in [6.07, 6.45) is 1.07. The quantitative estimate of drug-likeness (QED) is 0.566. The number of hydrogen-bond donors (Lipinski definition) is 0. The molecule has 6 heteroatoms. The van der Waals surface area contributed by atoms with Gasteiger partial charge in [0.05, 0.1) is 11.0 Å². The predicted molar refractivity (Wildman–Crippen MR) is 58.5 cm³/mol. The summed E-state index contributed by atoms with van der Waals surface area (Å²) < 4.78 is 18.2. The molecule has 0 saturated carbocycles. The molecule has 1 aromatic rings. The van der Waals surface area contributed by atoms with E-state index in [-0.39, 0.29) is 23.8 Å². The first-order chi connectivity index (χ1) is 8.04. The van der Waals surface area contributed by atoms with Crippen LogP contribution in [0.1, 0.15) is 19.8 Å². The van der Waals surface area contributed by atoms with Crippen molar-refractivity contribution >= 4 is 11.5 Å². The van der Waals surface area contributed by atoms with Gasteiger partial charge in [-0.3, -0.25) is 14.9 Å². The van der Waals surface area contributed by atoms with Crippen LogP contribution in [-0.4, -0.2) is 17.3 Å². The Hall–Kier alpha value is -1.98. The Bertz CT molecular complexity index is 433. The highest BCUT2D eigenvalue weighted by molar-refractivity contribution is 5.79. The molecule has 0 unspecified atom stereocenters. The average Bonchev–Trinajstić information content (AvgIpc) is 2.27. The van der Waals surface area contributed by atoms with E-state index in [1.165, 1.54) is 0 Å². The maximum atomic E-state index is 13.3. The Morgan fingerprint density at radius 3 is 2.76 bits per heavy atom. The fourth-order valence-corrected chi connectivity index (χ4v) is 1.23. The van der Waals surface area contributed by atoms with E-state index < -0.39 is 10.7 Å². The molecule has 0 aromatic heterocycles. The molecule has 0 amide bonds. The lowest BCUT2D eigenvalue weighted by atomic mass is 10.2. The van der Waals surface area contributed by atoms with Gasteiger partial charge in [-0.2, -0.15) is 0 Å². The highest BCUT2D eigenvalue weighted by Crippen LogP contribution is 2.22. The summed E-state index contributed by atoms with van der Waals surface area (Å²) in [6.45, 7) is 1.63. The number of ether oxygens (including phenoxy) is 1. The zero-order chi connectivity index (χ0) is 12.8. The molecule has 0 bridgehead atoms. The van der Waals surface area contributed by atoms with Crippen LogP contribution in [-0.2, 0) is 4.79 Å². The molecule has 0 radical (unpaired) electrons. The van der Waals surface area contributed by atoms with Crippen LogP contribution in [0.4, 0.5) is 10.1 Å². The predicted octanol–water partition coefficient (Wildman–Crippen LogP) is 2.48. The third kappa shape index (κ3) is 3.82. The van der Waals surface area contributed by atoms with Gasteiger partial charge in [0.25, 0.3) is 5.69 Å². The molecule has 5 nitrogen and oxygen atoms in total. The van der Waals surface area contributed by atoms with E-state index >= 15 is 0 Å². The summed E-state index contributed by atoms with van der Waals surface area (Å²) in [5.74, 6) is -1.13. The van der Waals surface area contributed by atoms with Gasteiger partial charge >= 0.3 is 0 Å². The van der Waals surface area contributed by atoms with E-state index in [9.17, 15) is 19.3 Å². The monoisotopic (exact) mass is 241 g/mol. The Morgan fingerprint density at radius 1 is 1.53 bits per heavy atom. The van der Waals surface area contributed by atoms with Crippen molar-refractivity contribution in [2.24, 2.45) is 0 Å². The Labute approximate surface area is 97.3 Å². The molecule has 0 N–H and O–H groups in total. The lowest BCUT2D eigenvalue weighted by molar-refractivity contribution is -0.385. The summed E-state index contributed by atoms with van der Waals surface area (Å²) in [6, 6.07) is 3.04. The van der Waals surface area contributed by atoms with Gasteiger partial charge in [0.2, 0.25) is 0 Å². The topological polar surface area (TPSA) is 69.4 Å². The summed E-state index contributed by atoms with van der Waals surface area (Å²) in [5.41, 5.74) is -0.352. The normalized spacial score (nSPS) is 10.0. The van der Waals surface area contributed by atoms with Gasteiger partial charge in [0.1, 0.15) is 6.61 Å². The van der Waals surface area contributed by atoms with Crippen molar-refractivity contribution in [1.82, 2.24) is 0 Å². The molecule has 0 saturated heterocycles. The average molecular weight is 241 g/mol. The number of nitro benzene ring substituents is 1. The number of nitrogens with zero attached hydrogens (tertiary/aromatic N) is 1. The van der Waals surface area contributed by atoms with Crippen LogP contribution in [0.2, 0.25) is 0 Å². The van der Waals surface area contributed by atoms with E-state index in [2.05, 4.69) is 0 Å². The Balaban J connectivity index is 2.66. The van der Waals surface area contributed by atoms with Crippen LogP contribution in [0.3, 0.4) is 0 Å². The van der Waals surface area contributed by atoms with Gasteiger partial charge in [0.15, 0.2) is 17.3 Å². The number of carbonyl (C=O) groups excluding carboxylic acids is 1. The fourth-order valence-electron chi connectivity index (χ4n) is 1.23. The molecule has 0 fully saturated rings. The van der Waals surface area contributed by atoms with Gasteiger partial charge in [-0.05, 0) is 12.5 Å². The minimum absolute atomic E-state index is 0.134. The van der Waals surface area contributed by atoms with Crippen LogP contribution in [0.15, 0.2) is 18.2 Å². The summed E-state index contributed by atoms with van der Waals surface area (Å²) in [5, 5.41) is 10.4. The molecular formula is C11H12FNO4. The molecule has 0 spiro atoms. The largest absolute Gasteiger partial charge is 0.483 e. The fraction of sp³-hybridized carbons (Fsp3) is 0.364. The van der Waals surface area contributed by atoms with Crippen molar-refractivity contribution in [2.75, 3.05) is 6.61 Å². The summed E-state index contributed by atoms with van der Waals surface area (Å²) in [7, 11) is 0. The van der Waals surface area contributed by atoms with Crippen molar-refractivity contribution in [1.29, 1.82) is 0 Å². The van der Waals surface area contributed by atoms with Crippen LogP contribution in [0.5, 0.6) is 5.75 Å². The number of hydrogen-bond acceptors (Lipinski definition) is 4. The van der Waals surface area contributed by atoms with E-state index in [4.69, 9.17) is 4.74 Å². The summed E-state index contributed by atoms with van der Waals surface area (Å²) >= 11 is 0. The number of ketones is 1. The molecular weight excluding hydrogens is 229 g/mol. The molecule has 0 atom stereocenters. The summed E-state index contributed by atoms with van der Waals surface area (Å²) in [4.78, 5) is 20.8. The Morgan fingerprint density at radius 2 is 2.24 bits per heavy atom. The molecule has 0 aliphatic rings. The van der Waals surface area contributed by atoms with Crippen molar-refractivity contribution in [2.45, 2.75) is 19.8 Å². The van der Waals surface area contributed by atoms with Crippen LogP contribution in [0.25, 0.3) is 0 Å². The number of nitro groups is 1. The molecule has 0 aliphatic heterocycles. The Kier molecular flexibility index (Phi) is 4.56. The van der Waals surface area contributed by atoms with Gasteiger partial charge in [0, 0.05) is 12.5 Å². The van der Waals surface area contributed by atoms with Crippen LogP contribution < -0.4 is 4.74 Å². The van der Waals surface area contributed by atoms with Crippen molar-refractivity contribution < 1.29 is 18.8 Å². The minimum Gasteiger partial charge on any atom is -0.483 e. The molecule has 1 aromatic carbocycles. The maximum Gasteiger partial charge on any atom is 0.272 e. The van der Waals surface area contributed by atoms with E-state index in [0.29, 0.717) is 12.8 Å². The van der Waals surface area contributed by atoms with Crippen molar-refractivity contribution in [3.63, 3.8) is 0 Å². The third-order valence-electron chi connectivity index (χ3n) is 2.04. The smallest absolute Gasteiger partial charge is 0.272 e. The van der Waals surface area contributed by atoms with Gasteiger partial charge < -0.3 is 4.74 Å². The lowest BCUT2D eigenvalue weighted by Gasteiger charge is -2.05. The second-order valence-corrected chi connectivity index (χ2v) is 3.45. The molecule has 17 heavy (non-hydrogen) atoms. The standard InChI is InChI=1S/C11H12FNO4/c1-2-3-9(14)7-17-11-5-4-8(13(15)16)6-10(11)12/h4-6H,2-3,7H2,1H3. The highest BCUT2D eigenvalue weighted by Gasteiger charge is 2.12. The van der Waals surface area contributed by atoms with Crippen LogP contribution in [0, 0.1) is 15.9 Å². The van der Waals surface area contributed by atoms with Gasteiger partial charge in [-0.25, -0.2) is 4.39 Å². The molecule has 0 aliphatic carbocycles. The molecule has 1 rings (SSSR count). The van der Waals surface area contributed by atoms with Gasteiger partial charge in [-0.1, -0.05) is 6.92 Å². The van der Waals surface area contributed by atoms with Gasteiger partial charge in [-0.15, -0.1) is 0 Å². The van der Waals surface area contributed by atoms with Crippen LogP contribution >= 0.6 is 0 Å². The number of rotatable bonds is 6. The molecule has 92 valence electrons. The number of benzene rings is 1. The molecule has 0 heterocycles. The van der Waals surface area contributed by atoms with E-state index in [1.54, 1.807) is 0 Å². The second-order valence-electron chi connectivity index (χ2n) is 3.45. The minimum atomic E-state index is -0.844. The second kappa shape index (κ2) is 5.93. The third-order valence-corrected chi connectivity index (χ3v) is 2.04. The lowest BCUT2D eigenvalue weighted by Crippen LogP contribution is -2.11. The van der Waals surface area contributed by atoms with Crippen molar-refractivity contribution in [3.05, 3.63) is 34.1 Å². The van der Waals surface area contributed by atoms with E-state index in [0.717, 1.165) is 18.2 Å². The first-order valence-corrected chi connectivity index (χ1v) is 5.13. The van der Waals surface area contributed by atoms with E-state index in [1.807, 2.05) is 6.92 Å².